The van der Waals surface area contributed by atoms with Gasteiger partial charge in [0, 0.05) is 53.1 Å². The molecule has 186 valence electrons. The summed E-state index contributed by atoms with van der Waals surface area (Å²) in [4.78, 5) is 7.51. The van der Waals surface area contributed by atoms with Gasteiger partial charge in [-0.15, -0.1) is 0 Å². The van der Waals surface area contributed by atoms with Gasteiger partial charge in [-0.05, 0) is 36.6 Å². The molecule has 7 nitrogen and oxygen atoms in total. The van der Waals surface area contributed by atoms with E-state index in [-0.39, 0.29) is 10.6 Å². The van der Waals surface area contributed by atoms with Crippen molar-refractivity contribution in [1.82, 2.24) is 19.7 Å². The van der Waals surface area contributed by atoms with Crippen LogP contribution >= 0.6 is 11.6 Å². The largest absolute Gasteiger partial charge is 0.496 e. The molecule has 0 bridgehead atoms. The van der Waals surface area contributed by atoms with Gasteiger partial charge in [0.2, 0.25) is 0 Å². The van der Waals surface area contributed by atoms with Gasteiger partial charge in [-0.25, -0.2) is 9.37 Å². The van der Waals surface area contributed by atoms with Crippen LogP contribution < -0.4 is 4.74 Å². The third-order valence-electron chi connectivity index (χ3n) is 6.24. The molecule has 4 aromatic rings. The molecule has 0 saturated carbocycles. The van der Waals surface area contributed by atoms with Crippen molar-refractivity contribution in [2.45, 2.75) is 44.4 Å². The average molecular weight is 505 g/mol. The summed E-state index contributed by atoms with van der Waals surface area (Å²) < 4.78 is 35.7. The van der Waals surface area contributed by atoms with Crippen molar-refractivity contribution >= 4 is 22.6 Å². The molecule has 3 N–H and O–H groups in total. The van der Waals surface area contributed by atoms with Crippen LogP contribution in [0.2, 0.25) is 5.02 Å². The summed E-state index contributed by atoms with van der Waals surface area (Å²) in [5.74, 6) is -1.22. The molecule has 0 aliphatic rings. The Hall–Kier alpha value is -3.01. The van der Waals surface area contributed by atoms with Crippen LogP contribution in [0.5, 0.6) is 5.75 Å². The zero-order valence-corrected chi connectivity index (χ0v) is 20.1. The van der Waals surface area contributed by atoms with Crippen molar-refractivity contribution in [1.29, 1.82) is 0 Å². The van der Waals surface area contributed by atoms with Gasteiger partial charge in [-0.1, -0.05) is 18.5 Å². The number of aliphatic hydroxyl groups excluding tert-OH is 2. The molecule has 0 fully saturated rings. The molecule has 3 heterocycles. The molecule has 4 rings (SSSR count). The van der Waals surface area contributed by atoms with Gasteiger partial charge in [-0.3, -0.25) is 9.07 Å². The van der Waals surface area contributed by atoms with E-state index in [1.807, 2.05) is 19.2 Å². The second kappa shape index (κ2) is 10.7. The molecular weight excluding hydrogens is 478 g/mol. The Morgan fingerprint density at radius 1 is 1.20 bits per heavy atom. The topological polar surface area (TPSA) is 96.2 Å². The van der Waals surface area contributed by atoms with E-state index in [0.717, 1.165) is 11.1 Å². The zero-order chi connectivity index (χ0) is 25.1. The van der Waals surface area contributed by atoms with E-state index >= 15 is 0 Å². The maximum absolute atomic E-state index is 14.4. The second-order valence-electron chi connectivity index (χ2n) is 8.37. The van der Waals surface area contributed by atoms with Crippen LogP contribution in [0.4, 0.5) is 8.78 Å². The summed E-state index contributed by atoms with van der Waals surface area (Å²) in [5, 5.41) is 24.6. The lowest BCUT2D eigenvalue weighted by Gasteiger charge is -2.18. The van der Waals surface area contributed by atoms with Crippen LogP contribution in [0, 0.1) is 5.82 Å². The number of pyridine rings is 1. The predicted molar refractivity (Wildman–Crippen MR) is 130 cm³/mol. The second-order valence-corrected chi connectivity index (χ2v) is 8.75. The maximum atomic E-state index is 14.4. The molecule has 1 aromatic carbocycles. The highest BCUT2D eigenvalue weighted by Gasteiger charge is 2.26. The Labute approximate surface area is 206 Å². The van der Waals surface area contributed by atoms with Gasteiger partial charge >= 0.3 is 0 Å². The van der Waals surface area contributed by atoms with Gasteiger partial charge in [-0.2, -0.15) is 5.10 Å². The Bertz CT molecular complexity index is 1310. The number of fused-ring (bicyclic) bond motifs is 1. The lowest BCUT2D eigenvalue weighted by atomic mass is 9.91. The van der Waals surface area contributed by atoms with Crippen molar-refractivity contribution in [3.63, 3.8) is 0 Å². The fraction of sp³-hybridized carbons (Fsp3) is 0.360. The lowest BCUT2D eigenvalue weighted by Crippen LogP contribution is -2.26. The summed E-state index contributed by atoms with van der Waals surface area (Å²) in [7, 11) is 1.43. The molecule has 0 radical (unpaired) electrons. The van der Waals surface area contributed by atoms with Crippen molar-refractivity contribution in [3.05, 3.63) is 65.0 Å². The predicted octanol–water partition coefficient (Wildman–Crippen LogP) is 4.85. The Kier molecular flexibility index (Phi) is 7.69. The van der Waals surface area contributed by atoms with E-state index in [0.29, 0.717) is 41.7 Å². The van der Waals surface area contributed by atoms with Crippen LogP contribution in [0.3, 0.4) is 0 Å². The fourth-order valence-corrected chi connectivity index (χ4v) is 4.49. The van der Waals surface area contributed by atoms with Gasteiger partial charge < -0.3 is 19.9 Å². The standard InChI is InChI=1S/C25H27ClF2N4O3/c1-3-20(33)21(34)6-7-32-13-15(11-31-32)14-8-16-18(12-30-25(16)29-10-14)17(9-27)23-22(35-2)5-4-19(28)24(23)26/h4-5,8,10-13,17,20-21,33-34H,3,6-7,9H2,1-2H3,(H,29,30)/t17-,20-,21+/m1/s1. The number of rotatable bonds is 10. The highest BCUT2D eigenvalue weighted by Crippen LogP contribution is 2.41. The number of nitrogens with one attached hydrogen (secondary N) is 1. The Morgan fingerprint density at radius 2 is 2.00 bits per heavy atom. The van der Waals surface area contributed by atoms with Crippen LogP contribution in [0.15, 0.2) is 43.0 Å². The minimum Gasteiger partial charge on any atom is -0.496 e. The normalized spacial score (nSPS) is 14.3. The fourth-order valence-electron chi connectivity index (χ4n) is 4.20. The van der Waals surface area contributed by atoms with Gasteiger partial charge in [0.05, 0.1) is 30.5 Å². The van der Waals surface area contributed by atoms with Gasteiger partial charge in [0.25, 0.3) is 0 Å². The summed E-state index contributed by atoms with van der Waals surface area (Å²) in [6, 6.07) is 4.49. The van der Waals surface area contributed by atoms with Crippen molar-refractivity contribution in [2.75, 3.05) is 13.8 Å². The number of hydrogen-bond acceptors (Lipinski definition) is 5. The Balaban J connectivity index is 1.67. The zero-order valence-electron chi connectivity index (χ0n) is 19.4. The number of aryl methyl sites for hydroxylation is 1. The lowest BCUT2D eigenvalue weighted by molar-refractivity contribution is 0.00991. The van der Waals surface area contributed by atoms with E-state index in [4.69, 9.17) is 16.3 Å². The number of aromatic nitrogens is 4. The van der Waals surface area contributed by atoms with Crippen molar-refractivity contribution in [2.24, 2.45) is 0 Å². The summed E-state index contributed by atoms with van der Waals surface area (Å²) in [5.41, 5.74) is 2.91. The number of H-pyrrole nitrogens is 1. The molecular formula is C25H27ClF2N4O3. The third kappa shape index (κ3) is 5.03. The Morgan fingerprint density at radius 3 is 2.71 bits per heavy atom. The molecule has 0 aliphatic carbocycles. The number of halogens is 3. The van der Waals surface area contributed by atoms with Crippen molar-refractivity contribution < 1.29 is 23.7 Å². The minimum atomic E-state index is -0.867. The number of benzene rings is 1. The summed E-state index contributed by atoms with van der Waals surface area (Å²) in [6.45, 7) is 1.43. The SMILES string of the molecule is CC[C@@H](O)[C@@H](O)CCn1cc(-c2cnc3[nH]cc([C@@H](CF)c4c(OC)ccc(F)c4Cl)c3c2)cn1. The van der Waals surface area contributed by atoms with Crippen molar-refractivity contribution in [3.8, 4) is 16.9 Å². The van der Waals surface area contributed by atoms with E-state index in [9.17, 15) is 19.0 Å². The minimum absolute atomic E-state index is 0.179. The van der Waals surface area contributed by atoms with E-state index < -0.39 is 30.6 Å². The van der Waals surface area contributed by atoms with Crippen LogP contribution in [-0.2, 0) is 6.54 Å². The highest BCUT2D eigenvalue weighted by atomic mass is 35.5. The van der Waals surface area contributed by atoms with Gasteiger partial charge in [0.15, 0.2) is 0 Å². The quantitative estimate of drug-likeness (QED) is 0.287. The molecule has 0 aliphatic heterocycles. The highest BCUT2D eigenvalue weighted by molar-refractivity contribution is 6.31. The monoisotopic (exact) mass is 504 g/mol. The average Bonchev–Trinajstić information content (AvgIpc) is 3.52. The number of nitrogens with zero attached hydrogens (tertiary/aromatic N) is 3. The number of aromatic amines is 1. The van der Waals surface area contributed by atoms with Crippen LogP contribution in [0.1, 0.15) is 36.8 Å². The molecule has 3 atom stereocenters. The summed E-state index contributed by atoms with van der Waals surface area (Å²) in [6.07, 6.45) is 6.08. The number of alkyl halides is 1. The summed E-state index contributed by atoms with van der Waals surface area (Å²) >= 11 is 6.24. The molecule has 0 unspecified atom stereocenters. The number of methoxy groups -OCH3 is 1. The number of aliphatic hydroxyl groups is 2. The smallest absolute Gasteiger partial charge is 0.142 e. The molecule has 0 saturated heterocycles. The molecule has 0 amide bonds. The third-order valence-corrected chi connectivity index (χ3v) is 6.62. The molecule has 35 heavy (non-hydrogen) atoms. The first-order valence-corrected chi connectivity index (χ1v) is 11.7. The van der Waals surface area contributed by atoms with Gasteiger partial charge in [0.1, 0.15) is 23.9 Å². The van der Waals surface area contributed by atoms with Crippen LogP contribution in [0.25, 0.3) is 22.2 Å². The first-order valence-electron chi connectivity index (χ1n) is 11.3. The van der Waals surface area contributed by atoms with Crippen LogP contribution in [-0.4, -0.2) is 56.0 Å². The first kappa shape index (κ1) is 25.1. The number of ether oxygens (including phenoxy) is 1. The molecule has 3 aromatic heterocycles. The molecule has 0 spiro atoms. The first-order chi connectivity index (χ1) is 16.9. The number of hydrogen-bond donors (Lipinski definition) is 3. The van der Waals surface area contributed by atoms with E-state index in [1.54, 1.807) is 23.3 Å². The maximum Gasteiger partial charge on any atom is 0.142 e. The van der Waals surface area contributed by atoms with E-state index in [2.05, 4.69) is 15.1 Å². The van der Waals surface area contributed by atoms with E-state index in [1.165, 1.54) is 19.2 Å². The molecule has 10 heteroatoms.